The van der Waals surface area contributed by atoms with Gasteiger partial charge in [0.25, 0.3) is 5.91 Å². The molecular formula is C18H23NO4. The zero-order valence-corrected chi connectivity index (χ0v) is 13.5. The number of allylic oxidation sites excluding steroid dienone is 1. The Morgan fingerprint density at radius 2 is 2.22 bits per heavy atom. The van der Waals surface area contributed by atoms with Crippen molar-refractivity contribution in [3.8, 4) is 0 Å². The fourth-order valence-corrected chi connectivity index (χ4v) is 2.42. The summed E-state index contributed by atoms with van der Waals surface area (Å²) in [6.07, 6.45) is 10.7. The molecule has 5 nitrogen and oxygen atoms in total. The molecule has 0 spiro atoms. The van der Waals surface area contributed by atoms with E-state index in [0.29, 0.717) is 12.3 Å². The molecule has 2 rings (SSSR count). The summed E-state index contributed by atoms with van der Waals surface area (Å²) in [5, 5.41) is 2.76. The Kier molecular flexibility index (Phi) is 6.66. The Morgan fingerprint density at radius 1 is 1.35 bits per heavy atom. The standard InChI is InChI=1S/C18H23NO4/c1-14-7-8-16(23-14)9-10-18(21)22-13-17(20)19-12-11-15-5-3-2-4-6-15/h5,7-10H,2-4,6,11-13H2,1H3,(H,19,20)/b10-9+. The third-order valence-electron chi connectivity index (χ3n) is 3.64. The second-order valence-electron chi connectivity index (χ2n) is 5.60. The zero-order chi connectivity index (χ0) is 16.5. The van der Waals surface area contributed by atoms with Crippen LogP contribution in [-0.4, -0.2) is 25.0 Å². The van der Waals surface area contributed by atoms with E-state index in [-0.39, 0.29) is 12.5 Å². The van der Waals surface area contributed by atoms with Crippen LogP contribution in [-0.2, 0) is 14.3 Å². The predicted octanol–water partition coefficient (Wildman–Crippen LogP) is 3.15. The van der Waals surface area contributed by atoms with Crippen LogP contribution >= 0.6 is 0 Å². The summed E-state index contributed by atoms with van der Waals surface area (Å²) in [6.45, 7) is 2.15. The summed E-state index contributed by atoms with van der Waals surface area (Å²) in [4.78, 5) is 23.1. The fraction of sp³-hybridized carbons (Fsp3) is 0.444. The summed E-state index contributed by atoms with van der Waals surface area (Å²) < 4.78 is 10.2. The quantitative estimate of drug-likeness (QED) is 0.476. The number of aryl methyl sites for hydroxylation is 1. The highest BCUT2D eigenvalue weighted by Crippen LogP contribution is 2.19. The van der Waals surface area contributed by atoms with Crippen LogP contribution in [0.4, 0.5) is 0 Å². The maximum absolute atomic E-state index is 11.6. The molecular weight excluding hydrogens is 294 g/mol. The Bertz CT molecular complexity index is 598. The van der Waals surface area contributed by atoms with E-state index in [1.54, 1.807) is 12.1 Å². The van der Waals surface area contributed by atoms with Crippen LogP contribution in [0.5, 0.6) is 0 Å². The largest absolute Gasteiger partial charge is 0.462 e. The first-order valence-electron chi connectivity index (χ1n) is 7.99. The van der Waals surface area contributed by atoms with Crippen molar-refractivity contribution in [2.75, 3.05) is 13.2 Å². The van der Waals surface area contributed by atoms with Gasteiger partial charge in [-0.05, 0) is 57.2 Å². The van der Waals surface area contributed by atoms with Gasteiger partial charge in [0.2, 0.25) is 0 Å². The molecule has 23 heavy (non-hydrogen) atoms. The molecule has 5 heteroatoms. The van der Waals surface area contributed by atoms with Crippen molar-refractivity contribution in [2.24, 2.45) is 0 Å². The third-order valence-corrected chi connectivity index (χ3v) is 3.64. The first kappa shape index (κ1) is 17.1. The van der Waals surface area contributed by atoms with E-state index < -0.39 is 5.97 Å². The number of hydrogen-bond donors (Lipinski definition) is 1. The van der Waals surface area contributed by atoms with Crippen molar-refractivity contribution in [2.45, 2.75) is 39.0 Å². The molecule has 124 valence electrons. The van der Waals surface area contributed by atoms with Crippen LogP contribution in [0.1, 0.15) is 43.6 Å². The van der Waals surface area contributed by atoms with Crippen LogP contribution in [0.25, 0.3) is 6.08 Å². The van der Waals surface area contributed by atoms with E-state index in [0.717, 1.165) is 25.0 Å². The minimum atomic E-state index is -0.566. The van der Waals surface area contributed by atoms with Crippen molar-refractivity contribution >= 4 is 18.0 Å². The van der Waals surface area contributed by atoms with Gasteiger partial charge < -0.3 is 14.5 Å². The van der Waals surface area contributed by atoms with Crippen molar-refractivity contribution < 1.29 is 18.7 Å². The molecule has 1 aromatic heterocycles. The Hall–Kier alpha value is -2.30. The molecule has 0 aliphatic heterocycles. The second-order valence-corrected chi connectivity index (χ2v) is 5.60. The van der Waals surface area contributed by atoms with Crippen molar-refractivity contribution in [1.29, 1.82) is 0 Å². The number of rotatable bonds is 7. The van der Waals surface area contributed by atoms with Gasteiger partial charge in [0.15, 0.2) is 6.61 Å². The molecule has 1 aromatic rings. The first-order valence-corrected chi connectivity index (χ1v) is 7.99. The molecule has 0 saturated carbocycles. The highest BCUT2D eigenvalue weighted by atomic mass is 16.5. The van der Waals surface area contributed by atoms with Gasteiger partial charge in [-0.2, -0.15) is 0 Å². The molecule has 0 bridgehead atoms. The van der Waals surface area contributed by atoms with E-state index in [4.69, 9.17) is 9.15 Å². The average Bonchev–Trinajstić information content (AvgIpc) is 2.97. The summed E-state index contributed by atoms with van der Waals surface area (Å²) >= 11 is 0. The predicted molar refractivity (Wildman–Crippen MR) is 87.6 cm³/mol. The lowest BCUT2D eigenvalue weighted by molar-refractivity contribution is -0.143. The van der Waals surface area contributed by atoms with Crippen molar-refractivity contribution in [3.63, 3.8) is 0 Å². The highest BCUT2D eigenvalue weighted by molar-refractivity contribution is 5.88. The zero-order valence-electron chi connectivity index (χ0n) is 13.5. The van der Waals surface area contributed by atoms with E-state index in [9.17, 15) is 9.59 Å². The monoisotopic (exact) mass is 317 g/mol. The van der Waals surface area contributed by atoms with Crippen molar-refractivity contribution in [3.05, 3.63) is 41.4 Å². The molecule has 1 amide bonds. The van der Waals surface area contributed by atoms with Gasteiger partial charge in [-0.3, -0.25) is 4.79 Å². The minimum Gasteiger partial charge on any atom is -0.462 e. The lowest BCUT2D eigenvalue weighted by Gasteiger charge is -2.12. The Morgan fingerprint density at radius 3 is 2.91 bits per heavy atom. The second kappa shape index (κ2) is 8.98. The SMILES string of the molecule is Cc1ccc(/C=C/C(=O)OCC(=O)NCCC2=CCCCC2)o1. The van der Waals surface area contributed by atoms with Crippen LogP contribution in [0, 0.1) is 6.92 Å². The number of hydrogen-bond acceptors (Lipinski definition) is 4. The van der Waals surface area contributed by atoms with E-state index in [1.165, 1.54) is 30.6 Å². The topological polar surface area (TPSA) is 68.5 Å². The number of furan rings is 1. The van der Waals surface area contributed by atoms with Crippen LogP contribution in [0.3, 0.4) is 0 Å². The number of carbonyl (C=O) groups is 2. The smallest absolute Gasteiger partial charge is 0.331 e. The molecule has 1 heterocycles. The molecule has 1 aliphatic carbocycles. The number of carbonyl (C=O) groups excluding carboxylic acids is 2. The molecule has 0 saturated heterocycles. The van der Waals surface area contributed by atoms with Crippen LogP contribution in [0.2, 0.25) is 0 Å². The highest BCUT2D eigenvalue weighted by Gasteiger charge is 2.07. The lowest BCUT2D eigenvalue weighted by atomic mass is 9.97. The average molecular weight is 317 g/mol. The molecule has 0 radical (unpaired) electrons. The Balaban J connectivity index is 1.60. The summed E-state index contributed by atoms with van der Waals surface area (Å²) in [5.41, 5.74) is 1.41. The van der Waals surface area contributed by atoms with Crippen molar-refractivity contribution in [1.82, 2.24) is 5.32 Å². The summed E-state index contributed by atoms with van der Waals surface area (Å²) in [7, 11) is 0. The maximum Gasteiger partial charge on any atom is 0.331 e. The molecule has 0 fully saturated rings. The number of nitrogens with one attached hydrogen (secondary N) is 1. The lowest BCUT2D eigenvalue weighted by Crippen LogP contribution is -2.29. The first-order chi connectivity index (χ1) is 11.1. The third kappa shape index (κ3) is 6.55. The van der Waals surface area contributed by atoms with Gasteiger partial charge in [0, 0.05) is 12.6 Å². The number of amides is 1. The molecule has 1 N–H and O–H groups in total. The van der Waals surface area contributed by atoms with Crippen LogP contribution in [0.15, 0.2) is 34.3 Å². The molecule has 1 aliphatic rings. The van der Waals surface area contributed by atoms with Gasteiger partial charge in [0.1, 0.15) is 11.5 Å². The fourth-order valence-electron chi connectivity index (χ4n) is 2.42. The molecule has 0 atom stereocenters. The van der Waals surface area contributed by atoms with Crippen LogP contribution < -0.4 is 5.32 Å². The minimum absolute atomic E-state index is 0.264. The van der Waals surface area contributed by atoms with Gasteiger partial charge in [0.05, 0.1) is 0 Å². The molecule has 0 aromatic carbocycles. The number of ether oxygens (including phenoxy) is 1. The normalized spacial score (nSPS) is 14.6. The molecule has 0 unspecified atom stereocenters. The van der Waals surface area contributed by atoms with E-state index >= 15 is 0 Å². The number of esters is 1. The Labute approximate surface area is 136 Å². The van der Waals surface area contributed by atoms with Gasteiger partial charge >= 0.3 is 5.97 Å². The van der Waals surface area contributed by atoms with E-state index in [1.807, 2.05) is 6.92 Å². The summed E-state index contributed by atoms with van der Waals surface area (Å²) in [5.74, 6) is 0.497. The maximum atomic E-state index is 11.6. The summed E-state index contributed by atoms with van der Waals surface area (Å²) in [6, 6.07) is 3.56. The van der Waals surface area contributed by atoms with Gasteiger partial charge in [-0.15, -0.1) is 0 Å². The van der Waals surface area contributed by atoms with Gasteiger partial charge in [-0.25, -0.2) is 4.79 Å². The van der Waals surface area contributed by atoms with E-state index in [2.05, 4.69) is 11.4 Å². The van der Waals surface area contributed by atoms with Gasteiger partial charge in [-0.1, -0.05) is 11.6 Å².